The molecule has 206 valence electrons. The Morgan fingerprint density at radius 1 is 0.590 bits per heavy atom. The van der Waals surface area contributed by atoms with Crippen LogP contribution in [0, 0.1) is 0 Å². The minimum Gasteiger partial charge on any atom is -0.423 e. The average molecular weight is 523 g/mol. The molecule has 0 aliphatic rings. The van der Waals surface area contributed by atoms with Gasteiger partial charge in [-0.05, 0) is 104 Å². The molecule has 39 heavy (non-hydrogen) atoms. The second-order valence-electron chi connectivity index (χ2n) is 10.3. The fourth-order valence-electron chi connectivity index (χ4n) is 4.60. The van der Waals surface area contributed by atoms with Crippen molar-refractivity contribution in [1.82, 2.24) is 0 Å². The summed E-state index contributed by atoms with van der Waals surface area (Å²) in [5.41, 5.74) is 5.48. The van der Waals surface area contributed by atoms with Crippen molar-refractivity contribution in [2.75, 3.05) is 0 Å². The third-order valence-electron chi connectivity index (χ3n) is 7.02. The van der Waals surface area contributed by atoms with Crippen molar-refractivity contribution in [2.24, 2.45) is 0 Å². The lowest BCUT2D eigenvalue weighted by Gasteiger charge is -2.08. The third kappa shape index (κ3) is 11.5. The Bertz CT molecular complexity index is 1140. The first-order valence-electron chi connectivity index (χ1n) is 15.0. The molecule has 0 bridgehead atoms. The van der Waals surface area contributed by atoms with E-state index in [1.54, 1.807) is 0 Å². The number of hydrogen-bond donors (Lipinski definition) is 0. The maximum absolute atomic E-state index is 12.6. The molecule has 0 saturated carbocycles. The summed E-state index contributed by atoms with van der Waals surface area (Å²) < 4.78 is 5.62. The van der Waals surface area contributed by atoms with E-state index in [0.717, 1.165) is 44.1 Å². The molecule has 2 heteroatoms. The number of hydrogen-bond acceptors (Lipinski definition) is 2. The fourth-order valence-corrected chi connectivity index (χ4v) is 4.60. The van der Waals surface area contributed by atoms with Crippen LogP contribution in [0.15, 0.2) is 97.1 Å². The van der Waals surface area contributed by atoms with Gasteiger partial charge < -0.3 is 4.74 Å². The molecule has 0 saturated heterocycles. The van der Waals surface area contributed by atoms with Crippen molar-refractivity contribution < 1.29 is 9.53 Å². The molecular weight excluding hydrogens is 476 g/mol. The Hall–Kier alpha value is -3.39. The Kier molecular flexibility index (Phi) is 13.9. The molecule has 0 fully saturated rings. The van der Waals surface area contributed by atoms with E-state index in [0.29, 0.717) is 11.3 Å². The second kappa shape index (κ2) is 18.0. The molecule has 0 amide bonds. The molecule has 0 unspecified atom stereocenters. The van der Waals surface area contributed by atoms with Gasteiger partial charge in [0.2, 0.25) is 0 Å². The maximum atomic E-state index is 12.6. The number of aryl methyl sites for hydroxylation is 2. The first kappa shape index (κ1) is 30.2. The standard InChI is InChI=1S/C37H46O2/c1-3-5-7-9-11-12-14-16-17-31-19-23-33(24-20-31)34-27-29-36(30-28-34)39-37(38)35-25-21-32(22-26-35)18-15-13-10-8-6-4-2/h6,8,12,14,19-30H,3-5,7,9-11,13,15-18H2,1-2H3/b8-6+,14-12+. The van der Waals surface area contributed by atoms with E-state index < -0.39 is 0 Å². The van der Waals surface area contributed by atoms with Crippen LogP contribution in [0.5, 0.6) is 5.75 Å². The summed E-state index contributed by atoms with van der Waals surface area (Å²) in [6.45, 7) is 4.41. The highest BCUT2D eigenvalue weighted by atomic mass is 16.5. The number of benzene rings is 3. The van der Waals surface area contributed by atoms with E-state index in [2.05, 4.69) is 62.4 Å². The fraction of sp³-hybridized carbons (Fsp3) is 0.378. The highest BCUT2D eigenvalue weighted by Gasteiger charge is 2.09. The number of ether oxygens (including phenoxy) is 1. The number of unbranched alkanes of at least 4 members (excludes halogenated alkanes) is 6. The molecule has 0 aromatic heterocycles. The first-order chi connectivity index (χ1) is 19.2. The Morgan fingerprint density at radius 2 is 1.15 bits per heavy atom. The largest absolute Gasteiger partial charge is 0.423 e. The normalized spacial score (nSPS) is 11.4. The van der Waals surface area contributed by atoms with Crippen molar-refractivity contribution in [3.63, 3.8) is 0 Å². The quantitative estimate of drug-likeness (QED) is 0.0762. The Balaban J connectivity index is 1.42. The molecule has 3 aromatic rings. The van der Waals surface area contributed by atoms with Gasteiger partial charge >= 0.3 is 5.97 Å². The van der Waals surface area contributed by atoms with E-state index >= 15 is 0 Å². The van der Waals surface area contributed by atoms with Crippen LogP contribution in [0.4, 0.5) is 0 Å². The molecule has 3 aromatic carbocycles. The lowest BCUT2D eigenvalue weighted by Crippen LogP contribution is -2.08. The summed E-state index contributed by atoms with van der Waals surface area (Å²) in [7, 11) is 0. The van der Waals surface area contributed by atoms with Gasteiger partial charge in [-0.3, -0.25) is 0 Å². The zero-order valence-corrected chi connectivity index (χ0v) is 24.0. The molecule has 3 rings (SSSR count). The van der Waals surface area contributed by atoms with Gasteiger partial charge in [-0.1, -0.05) is 106 Å². The van der Waals surface area contributed by atoms with Crippen LogP contribution >= 0.6 is 0 Å². The summed E-state index contributed by atoms with van der Waals surface area (Å²) in [4.78, 5) is 12.6. The maximum Gasteiger partial charge on any atom is 0.343 e. The zero-order chi connectivity index (χ0) is 27.5. The summed E-state index contributed by atoms with van der Waals surface area (Å²) >= 11 is 0. The van der Waals surface area contributed by atoms with Crippen LogP contribution in [0.3, 0.4) is 0 Å². The minimum absolute atomic E-state index is 0.321. The number of allylic oxidation sites excluding steroid dienone is 4. The number of esters is 1. The Labute approximate surface area is 236 Å². The zero-order valence-electron chi connectivity index (χ0n) is 24.0. The molecule has 0 heterocycles. The smallest absolute Gasteiger partial charge is 0.343 e. The Morgan fingerprint density at radius 3 is 1.82 bits per heavy atom. The number of carbonyl (C=O) groups is 1. The highest BCUT2D eigenvalue weighted by Crippen LogP contribution is 2.24. The SMILES string of the molecule is CC/C=C/CCCCc1ccc(C(=O)Oc2ccc(-c3ccc(CC/C=C/CCCCCC)cc3)cc2)cc1. The van der Waals surface area contributed by atoms with Gasteiger partial charge in [0, 0.05) is 0 Å². The van der Waals surface area contributed by atoms with E-state index in [1.165, 1.54) is 55.2 Å². The molecule has 0 radical (unpaired) electrons. The molecular formula is C37H46O2. The highest BCUT2D eigenvalue weighted by molar-refractivity contribution is 5.91. The lowest BCUT2D eigenvalue weighted by molar-refractivity contribution is 0.0734. The van der Waals surface area contributed by atoms with Gasteiger partial charge in [-0.25, -0.2) is 4.79 Å². The van der Waals surface area contributed by atoms with Gasteiger partial charge in [0.25, 0.3) is 0 Å². The summed E-state index contributed by atoms with van der Waals surface area (Å²) in [5, 5.41) is 0. The van der Waals surface area contributed by atoms with Crippen LogP contribution in [-0.2, 0) is 12.8 Å². The third-order valence-corrected chi connectivity index (χ3v) is 7.02. The van der Waals surface area contributed by atoms with Gasteiger partial charge in [-0.2, -0.15) is 0 Å². The number of rotatable bonds is 17. The van der Waals surface area contributed by atoms with Crippen molar-refractivity contribution in [3.05, 3.63) is 114 Å². The van der Waals surface area contributed by atoms with E-state index in [9.17, 15) is 4.79 Å². The van der Waals surface area contributed by atoms with Gasteiger partial charge in [0.1, 0.15) is 5.75 Å². The molecule has 0 atom stereocenters. The molecule has 0 aliphatic carbocycles. The van der Waals surface area contributed by atoms with E-state index in [-0.39, 0.29) is 5.97 Å². The molecule has 0 N–H and O–H groups in total. The number of carbonyl (C=O) groups excluding carboxylic acids is 1. The summed E-state index contributed by atoms with van der Waals surface area (Å²) in [5.74, 6) is 0.240. The van der Waals surface area contributed by atoms with Crippen molar-refractivity contribution in [2.45, 2.75) is 90.9 Å². The van der Waals surface area contributed by atoms with Crippen LogP contribution < -0.4 is 4.74 Å². The topological polar surface area (TPSA) is 26.3 Å². The monoisotopic (exact) mass is 522 g/mol. The van der Waals surface area contributed by atoms with Crippen LogP contribution in [0.1, 0.15) is 99.5 Å². The summed E-state index contributed by atoms with van der Waals surface area (Å²) in [6.07, 6.45) is 23.4. The lowest BCUT2D eigenvalue weighted by atomic mass is 10.0. The van der Waals surface area contributed by atoms with Crippen LogP contribution in [0.2, 0.25) is 0 Å². The van der Waals surface area contributed by atoms with E-state index in [1.807, 2.05) is 48.5 Å². The summed E-state index contributed by atoms with van der Waals surface area (Å²) in [6, 6.07) is 24.4. The molecule has 2 nitrogen and oxygen atoms in total. The van der Waals surface area contributed by atoms with Crippen molar-refractivity contribution in [3.8, 4) is 16.9 Å². The molecule has 0 aliphatic heterocycles. The predicted molar refractivity (Wildman–Crippen MR) is 166 cm³/mol. The van der Waals surface area contributed by atoms with Crippen molar-refractivity contribution in [1.29, 1.82) is 0 Å². The van der Waals surface area contributed by atoms with Gasteiger partial charge in [0.15, 0.2) is 0 Å². The predicted octanol–water partition coefficient (Wildman–Crippen LogP) is 10.7. The van der Waals surface area contributed by atoms with Crippen molar-refractivity contribution >= 4 is 5.97 Å². The second-order valence-corrected chi connectivity index (χ2v) is 10.3. The van der Waals surface area contributed by atoms with Crippen LogP contribution in [0.25, 0.3) is 11.1 Å². The van der Waals surface area contributed by atoms with E-state index in [4.69, 9.17) is 4.74 Å². The first-order valence-corrected chi connectivity index (χ1v) is 15.0. The van der Waals surface area contributed by atoms with Gasteiger partial charge in [-0.15, -0.1) is 0 Å². The average Bonchev–Trinajstić information content (AvgIpc) is 2.97. The minimum atomic E-state index is -0.321. The van der Waals surface area contributed by atoms with Gasteiger partial charge in [0.05, 0.1) is 5.56 Å². The molecule has 0 spiro atoms. The van der Waals surface area contributed by atoms with Crippen LogP contribution in [-0.4, -0.2) is 5.97 Å².